The number of nitriles is 1. The first-order valence-electron chi connectivity index (χ1n) is 6.53. The molecule has 19 heavy (non-hydrogen) atoms. The molecule has 0 radical (unpaired) electrons. The van der Waals surface area contributed by atoms with Crippen LogP contribution in [0.3, 0.4) is 0 Å². The molecule has 0 spiro atoms. The molecule has 0 aliphatic heterocycles. The highest BCUT2D eigenvalue weighted by Gasteiger charge is 2.38. The minimum absolute atomic E-state index is 0.256. The van der Waals surface area contributed by atoms with Crippen molar-refractivity contribution in [3.63, 3.8) is 0 Å². The molecule has 1 aromatic carbocycles. The second kappa shape index (κ2) is 6.33. The molecule has 0 unspecified atom stereocenters. The number of nitrogens with zero attached hydrogens (tertiary/aromatic N) is 2. The van der Waals surface area contributed by atoms with E-state index in [9.17, 15) is 14.4 Å². The van der Waals surface area contributed by atoms with Gasteiger partial charge in [0.15, 0.2) is 0 Å². The normalized spacial score (nSPS) is 10.9. The van der Waals surface area contributed by atoms with Crippen LogP contribution in [0.1, 0.15) is 33.6 Å². The number of benzene rings is 1. The Kier molecular flexibility index (Phi) is 5.05. The molecule has 0 aromatic heterocycles. The van der Waals surface area contributed by atoms with Crippen LogP contribution in [0.25, 0.3) is 0 Å². The van der Waals surface area contributed by atoms with Gasteiger partial charge >= 0.3 is 0 Å². The second-order valence-electron chi connectivity index (χ2n) is 4.43. The zero-order valence-electron chi connectivity index (χ0n) is 11.6. The SMILES string of the molecule is CCN(C(=O)C(C#N)(CC)CC)c1cccc(F)c1. The minimum Gasteiger partial charge on any atom is -0.311 e. The fraction of sp³-hybridized carbons (Fsp3) is 0.467. The Balaban J connectivity index is 3.17. The minimum atomic E-state index is -1.03. The Morgan fingerprint density at radius 3 is 2.42 bits per heavy atom. The topological polar surface area (TPSA) is 44.1 Å². The van der Waals surface area contributed by atoms with Crippen molar-refractivity contribution in [2.24, 2.45) is 5.41 Å². The van der Waals surface area contributed by atoms with E-state index in [1.807, 2.05) is 20.8 Å². The summed E-state index contributed by atoms with van der Waals surface area (Å²) in [5.41, 5.74) is -0.531. The first-order chi connectivity index (χ1) is 9.04. The molecular formula is C15H19FN2O. The van der Waals surface area contributed by atoms with Gasteiger partial charge in [-0.2, -0.15) is 5.26 Å². The van der Waals surface area contributed by atoms with Gasteiger partial charge in [-0.05, 0) is 38.0 Å². The van der Waals surface area contributed by atoms with Crippen molar-refractivity contribution in [2.75, 3.05) is 11.4 Å². The van der Waals surface area contributed by atoms with E-state index < -0.39 is 5.41 Å². The van der Waals surface area contributed by atoms with Gasteiger partial charge in [0.25, 0.3) is 0 Å². The highest BCUT2D eigenvalue weighted by molar-refractivity contribution is 5.99. The van der Waals surface area contributed by atoms with Crippen molar-refractivity contribution in [1.82, 2.24) is 0 Å². The lowest BCUT2D eigenvalue weighted by Crippen LogP contribution is -2.43. The summed E-state index contributed by atoms with van der Waals surface area (Å²) in [6.07, 6.45) is 0.898. The molecule has 3 nitrogen and oxygen atoms in total. The molecule has 0 fully saturated rings. The monoisotopic (exact) mass is 262 g/mol. The summed E-state index contributed by atoms with van der Waals surface area (Å²) >= 11 is 0. The lowest BCUT2D eigenvalue weighted by atomic mass is 9.82. The third-order valence-corrected chi connectivity index (χ3v) is 3.51. The smallest absolute Gasteiger partial charge is 0.247 e. The largest absolute Gasteiger partial charge is 0.311 e. The number of carbonyl (C=O) groups excluding carboxylic acids is 1. The molecule has 4 heteroatoms. The summed E-state index contributed by atoms with van der Waals surface area (Å²) in [5.74, 6) is -0.646. The highest BCUT2D eigenvalue weighted by Crippen LogP contribution is 2.30. The van der Waals surface area contributed by atoms with Gasteiger partial charge in [0.1, 0.15) is 11.2 Å². The van der Waals surface area contributed by atoms with Gasteiger partial charge in [-0.25, -0.2) is 4.39 Å². The lowest BCUT2D eigenvalue weighted by molar-refractivity contribution is -0.125. The summed E-state index contributed by atoms with van der Waals surface area (Å²) in [7, 11) is 0. The summed E-state index contributed by atoms with van der Waals surface area (Å²) in [6.45, 7) is 5.87. The standard InChI is InChI=1S/C15H19FN2O/c1-4-15(5-2,11-17)14(19)18(6-3)13-9-7-8-12(16)10-13/h7-10H,4-6H2,1-3H3. The quantitative estimate of drug-likeness (QED) is 0.815. The number of hydrogen-bond donors (Lipinski definition) is 0. The Bertz CT molecular complexity index is 489. The van der Waals surface area contributed by atoms with Crippen LogP contribution in [0, 0.1) is 22.6 Å². The van der Waals surface area contributed by atoms with Crippen molar-refractivity contribution < 1.29 is 9.18 Å². The van der Waals surface area contributed by atoms with Gasteiger partial charge in [-0.1, -0.05) is 19.9 Å². The van der Waals surface area contributed by atoms with Crippen LogP contribution in [-0.4, -0.2) is 12.5 Å². The lowest BCUT2D eigenvalue weighted by Gasteiger charge is -2.30. The highest BCUT2D eigenvalue weighted by atomic mass is 19.1. The zero-order chi connectivity index (χ0) is 14.5. The molecule has 0 aliphatic rings. The molecule has 0 aliphatic carbocycles. The molecule has 0 atom stereocenters. The molecule has 1 aromatic rings. The number of amides is 1. The van der Waals surface area contributed by atoms with E-state index in [0.717, 1.165) is 0 Å². The Labute approximate surface area is 113 Å². The maximum atomic E-state index is 13.3. The van der Waals surface area contributed by atoms with Crippen molar-refractivity contribution in [3.05, 3.63) is 30.1 Å². The number of hydrogen-bond acceptors (Lipinski definition) is 2. The van der Waals surface area contributed by atoms with E-state index in [1.54, 1.807) is 12.1 Å². The number of anilines is 1. The molecular weight excluding hydrogens is 243 g/mol. The van der Waals surface area contributed by atoms with Crippen molar-refractivity contribution in [1.29, 1.82) is 5.26 Å². The van der Waals surface area contributed by atoms with Crippen LogP contribution in [0.15, 0.2) is 24.3 Å². The van der Waals surface area contributed by atoms with E-state index in [-0.39, 0.29) is 11.7 Å². The molecule has 1 amide bonds. The van der Waals surface area contributed by atoms with Crippen LogP contribution in [0.4, 0.5) is 10.1 Å². The molecule has 0 heterocycles. The second-order valence-corrected chi connectivity index (χ2v) is 4.43. The fourth-order valence-electron chi connectivity index (χ4n) is 2.10. The molecule has 102 valence electrons. The van der Waals surface area contributed by atoms with Crippen LogP contribution in [0.2, 0.25) is 0 Å². The van der Waals surface area contributed by atoms with Crippen LogP contribution < -0.4 is 4.90 Å². The summed E-state index contributed by atoms with van der Waals surface area (Å²) < 4.78 is 13.3. The zero-order valence-corrected chi connectivity index (χ0v) is 11.6. The van der Waals surface area contributed by atoms with Crippen LogP contribution in [-0.2, 0) is 4.79 Å². The van der Waals surface area contributed by atoms with Crippen LogP contribution >= 0.6 is 0 Å². The van der Waals surface area contributed by atoms with Gasteiger partial charge in [-0.3, -0.25) is 4.79 Å². The molecule has 0 N–H and O–H groups in total. The molecule has 0 bridgehead atoms. The van der Waals surface area contributed by atoms with E-state index in [2.05, 4.69) is 6.07 Å². The maximum absolute atomic E-state index is 13.3. The number of rotatable bonds is 5. The summed E-state index contributed by atoms with van der Waals surface area (Å²) in [6, 6.07) is 8.02. The van der Waals surface area contributed by atoms with E-state index in [1.165, 1.54) is 17.0 Å². The van der Waals surface area contributed by atoms with Gasteiger partial charge in [0, 0.05) is 12.2 Å². The Hall–Kier alpha value is -1.89. The van der Waals surface area contributed by atoms with Crippen molar-refractivity contribution in [3.8, 4) is 6.07 Å². The molecule has 0 saturated heterocycles. The summed E-state index contributed by atoms with van der Waals surface area (Å²) in [5, 5.41) is 9.32. The van der Waals surface area contributed by atoms with Crippen LogP contribution in [0.5, 0.6) is 0 Å². The Morgan fingerprint density at radius 2 is 2.00 bits per heavy atom. The van der Waals surface area contributed by atoms with E-state index in [4.69, 9.17) is 0 Å². The summed E-state index contributed by atoms with van der Waals surface area (Å²) in [4.78, 5) is 14.1. The first-order valence-corrected chi connectivity index (χ1v) is 6.53. The van der Waals surface area contributed by atoms with Gasteiger partial charge < -0.3 is 4.90 Å². The number of carbonyl (C=O) groups is 1. The van der Waals surface area contributed by atoms with Gasteiger partial charge in [0.2, 0.25) is 5.91 Å². The van der Waals surface area contributed by atoms with Gasteiger partial charge in [-0.15, -0.1) is 0 Å². The maximum Gasteiger partial charge on any atom is 0.247 e. The van der Waals surface area contributed by atoms with E-state index >= 15 is 0 Å². The average molecular weight is 262 g/mol. The third kappa shape index (κ3) is 2.93. The average Bonchev–Trinajstić information content (AvgIpc) is 2.42. The molecule has 1 rings (SSSR count). The van der Waals surface area contributed by atoms with E-state index in [0.29, 0.717) is 25.1 Å². The van der Waals surface area contributed by atoms with Crippen molar-refractivity contribution >= 4 is 11.6 Å². The predicted molar refractivity (Wildman–Crippen MR) is 73.1 cm³/mol. The third-order valence-electron chi connectivity index (χ3n) is 3.51. The molecule has 0 saturated carbocycles. The van der Waals surface area contributed by atoms with Crippen molar-refractivity contribution in [2.45, 2.75) is 33.6 Å². The fourth-order valence-corrected chi connectivity index (χ4v) is 2.10. The number of halogens is 1. The Morgan fingerprint density at radius 1 is 1.37 bits per heavy atom. The van der Waals surface area contributed by atoms with Gasteiger partial charge in [0.05, 0.1) is 6.07 Å². The first kappa shape index (κ1) is 15.2. The predicted octanol–water partition coefficient (Wildman–Crippen LogP) is 3.51.